The van der Waals surface area contributed by atoms with Gasteiger partial charge in [-0.2, -0.15) is 0 Å². The van der Waals surface area contributed by atoms with Crippen LogP contribution in [0.5, 0.6) is 0 Å². The zero-order valence-corrected chi connectivity index (χ0v) is 29.2. The third kappa shape index (κ3) is 7.74. The third-order valence-electron chi connectivity index (χ3n) is 9.34. The lowest BCUT2D eigenvalue weighted by atomic mass is 9.87. The van der Waals surface area contributed by atoms with Gasteiger partial charge in [-0.1, -0.05) is 140 Å². The minimum Gasteiger partial charge on any atom is -0.256 e. The summed E-state index contributed by atoms with van der Waals surface area (Å²) in [7, 11) is 0. The van der Waals surface area contributed by atoms with Gasteiger partial charge in [0.1, 0.15) is 0 Å². The second kappa shape index (κ2) is 15.4. The number of hydrogen-bond acceptors (Lipinski definition) is 3. The molecular formula is C48H39N3. The number of hydrogen-bond donors (Lipinski definition) is 0. The fourth-order valence-corrected chi connectivity index (χ4v) is 6.43. The van der Waals surface area contributed by atoms with Gasteiger partial charge in [-0.25, -0.2) is 0 Å². The number of aromatic nitrogens is 3. The lowest BCUT2D eigenvalue weighted by Crippen LogP contribution is -2.00. The molecule has 0 saturated heterocycles. The van der Waals surface area contributed by atoms with E-state index in [1.165, 1.54) is 33.4 Å². The van der Waals surface area contributed by atoms with Gasteiger partial charge in [0.2, 0.25) is 0 Å². The first-order valence-corrected chi connectivity index (χ1v) is 17.3. The quantitative estimate of drug-likeness (QED) is 0.155. The summed E-state index contributed by atoms with van der Waals surface area (Å²) in [5.74, 6) is 0. The maximum Gasteiger partial charge on any atom is 0.0702 e. The standard InChI is InChI=1S/C48H39N3/c1-34-44(26-19-37-21-29-47(50-31-37)40-15-9-5-10-16-40)35(2)46(28-25-43-24-23-42(33-49-43)39-13-7-4-8-14-39)36(3)45(34)27-20-38-22-30-48(51-32-38)41-17-11-6-12-18-41/h4-33H,1-3H3/b26-19-,27-20?,28-25-. The Morgan fingerprint density at radius 1 is 0.333 bits per heavy atom. The molecule has 0 aliphatic rings. The van der Waals surface area contributed by atoms with Crippen molar-refractivity contribution in [3.05, 3.63) is 196 Å². The molecule has 0 N–H and O–H groups in total. The van der Waals surface area contributed by atoms with E-state index in [2.05, 4.69) is 142 Å². The van der Waals surface area contributed by atoms with E-state index in [0.717, 1.165) is 50.5 Å². The van der Waals surface area contributed by atoms with E-state index in [-0.39, 0.29) is 0 Å². The van der Waals surface area contributed by atoms with Crippen molar-refractivity contribution in [2.24, 2.45) is 0 Å². The maximum absolute atomic E-state index is 4.77. The van der Waals surface area contributed by atoms with Crippen LogP contribution in [0.1, 0.15) is 50.2 Å². The van der Waals surface area contributed by atoms with Gasteiger partial charge in [0, 0.05) is 35.3 Å². The molecule has 0 saturated carbocycles. The molecule has 0 atom stereocenters. The van der Waals surface area contributed by atoms with Crippen molar-refractivity contribution < 1.29 is 0 Å². The fraction of sp³-hybridized carbons (Fsp3) is 0.0625. The lowest BCUT2D eigenvalue weighted by Gasteiger charge is -2.18. The number of benzene rings is 4. The van der Waals surface area contributed by atoms with Gasteiger partial charge in [0.25, 0.3) is 0 Å². The van der Waals surface area contributed by atoms with Crippen molar-refractivity contribution in [1.82, 2.24) is 15.0 Å². The Kier molecular flexibility index (Phi) is 9.99. The highest BCUT2D eigenvalue weighted by molar-refractivity contribution is 5.85. The van der Waals surface area contributed by atoms with Crippen LogP contribution in [0, 0.1) is 20.8 Å². The van der Waals surface area contributed by atoms with Crippen LogP contribution in [0.25, 0.3) is 70.1 Å². The van der Waals surface area contributed by atoms with Gasteiger partial charge < -0.3 is 0 Å². The molecule has 0 unspecified atom stereocenters. The van der Waals surface area contributed by atoms with E-state index >= 15 is 0 Å². The van der Waals surface area contributed by atoms with Crippen LogP contribution in [0.4, 0.5) is 0 Å². The summed E-state index contributed by atoms with van der Waals surface area (Å²) in [5, 5.41) is 0. The number of rotatable bonds is 9. The average Bonchev–Trinajstić information content (AvgIpc) is 3.19. The zero-order chi connectivity index (χ0) is 35.0. The van der Waals surface area contributed by atoms with E-state index in [1.807, 2.05) is 61.1 Å². The molecule has 246 valence electrons. The number of pyridine rings is 3. The summed E-state index contributed by atoms with van der Waals surface area (Å²) in [4.78, 5) is 14.3. The number of nitrogens with zero attached hydrogens (tertiary/aromatic N) is 3. The molecule has 7 aromatic rings. The van der Waals surface area contributed by atoms with Crippen molar-refractivity contribution in [3.8, 4) is 33.6 Å². The van der Waals surface area contributed by atoms with E-state index in [0.29, 0.717) is 0 Å². The zero-order valence-electron chi connectivity index (χ0n) is 29.2. The molecule has 0 fully saturated rings. The van der Waals surface area contributed by atoms with Crippen LogP contribution in [0.3, 0.4) is 0 Å². The minimum absolute atomic E-state index is 0.914. The molecule has 3 nitrogen and oxygen atoms in total. The van der Waals surface area contributed by atoms with Crippen molar-refractivity contribution in [3.63, 3.8) is 0 Å². The summed E-state index contributed by atoms with van der Waals surface area (Å²) in [6.45, 7) is 6.63. The Hall–Kier alpha value is -6.45. The van der Waals surface area contributed by atoms with Gasteiger partial charge >= 0.3 is 0 Å². The Balaban J connectivity index is 1.23. The third-order valence-corrected chi connectivity index (χ3v) is 9.34. The summed E-state index contributed by atoms with van der Waals surface area (Å²) >= 11 is 0. The summed E-state index contributed by atoms with van der Waals surface area (Å²) in [6, 6.07) is 43.5. The molecule has 4 aromatic carbocycles. The van der Waals surface area contributed by atoms with Crippen LogP contribution in [0.2, 0.25) is 0 Å². The van der Waals surface area contributed by atoms with Crippen LogP contribution in [-0.4, -0.2) is 15.0 Å². The van der Waals surface area contributed by atoms with E-state index in [9.17, 15) is 0 Å². The van der Waals surface area contributed by atoms with Gasteiger partial charge in [-0.3, -0.25) is 15.0 Å². The molecule has 0 bridgehead atoms. The Bertz CT molecular complexity index is 2030. The van der Waals surface area contributed by atoms with Gasteiger partial charge in [-0.15, -0.1) is 0 Å². The molecule has 7 rings (SSSR count). The molecule has 0 spiro atoms. The molecule has 3 aromatic heterocycles. The molecule has 0 aliphatic carbocycles. The molecule has 0 aliphatic heterocycles. The van der Waals surface area contributed by atoms with Crippen molar-refractivity contribution in [2.45, 2.75) is 20.8 Å². The molecule has 3 heteroatoms. The second-order valence-corrected chi connectivity index (χ2v) is 12.6. The molecular weight excluding hydrogens is 619 g/mol. The minimum atomic E-state index is 0.914. The lowest BCUT2D eigenvalue weighted by molar-refractivity contribution is 1.26. The maximum atomic E-state index is 4.77. The van der Waals surface area contributed by atoms with Crippen molar-refractivity contribution in [1.29, 1.82) is 0 Å². The van der Waals surface area contributed by atoms with Gasteiger partial charge in [0.05, 0.1) is 17.1 Å². The first-order valence-electron chi connectivity index (χ1n) is 17.3. The van der Waals surface area contributed by atoms with E-state index in [1.54, 1.807) is 0 Å². The Labute approximate surface area is 301 Å². The molecule has 51 heavy (non-hydrogen) atoms. The van der Waals surface area contributed by atoms with Crippen LogP contribution >= 0.6 is 0 Å². The summed E-state index contributed by atoms with van der Waals surface area (Å²) in [5.41, 5.74) is 16.7. The Morgan fingerprint density at radius 3 is 1.16 bits per heavy atom. The summed E-state index contributed by atoms with van der Waals surface area (Å²) < 4.78 is 0. The highest BCUT2D eigenvalue weighted by Crippen LogP contribution is 2.32. The normalized spacial score (nSPS) is 11.6. The van der Waals surface area contributed by atoms with Gasteiger partial charge in [-0.05, 0) is 95.1 Å². The fourth-order valence-electron chi connectivity index (χ4n) is 6.43. The summed E-state index contributed by atoms with van der Waals surface area (Å²) in [6.07, 6.45) is 18.9. The second-order valence-electron chi connectivity index (χ2n) is 12.6. The van der Waals surface area contributed by atoms with Crippen LogP contribution in [-0.2, 0) is 0 Å². The Morgan fingerprint density at radius 2 is 0.765 bits per heavy atom. The molecule has 0 amide bonds. The topological polar surface area (TPSA) is 38.7 Å². The van der Waals surface area contributed by atoms with Gasteiger partial charge in [0.15, 0.2) is 0 Å². The smallest absolute Gasteiger partial charge is 0.0702 e. The predicted molar refractivity (Wildman–Crippen MR) is 216 cm³/mol. The average molecular weight is 658 g/mol. The van der Waals surface area contributed by atoms with Crippen molar-refractivity contribution in [2.75, 3.05) is 0 Å². The predicted octanol–water partition coefficient (Wildman–Crippen LogP) is 12.3. The first kappa shape index (κ1) is 33.1. The monoisotopic (exact) mass is 657 g/mol. The van der Waals surface area contributed by atoms with E-state index in [4.69, 9.17) is 15.0 Å². The molecule has 3 heterocycles. The van der Waals surface area contributed by atoms with Crippen LogP contribution in [0.15, 0.2) is 146 Å². The SMILES string of the molecule is Cc1c(C=Cc2ccc(-c3ccccc3)nc2)c(C)c(/C=C\c2ccc(-c3ccccc3)cn2)c(C)c1/C=C\c1ccc(-c2ccccc2)nc1. The van der Waals surface area contributed by atoms with Crippen LogP contribution < -0.4 is 0 Å². The van der Waals surface area contributed by atoms with Crippen molar-refractivity contribution >= 4 is 36.5 Å². The highest BCUT2D eigenvalue weighted by atomic mass is 14.7. The highest BCUT2D eigenvalue weighted by Gasteiger charge is 2.13. The van der Waals surface area contributed by atoms with E-state index < -0.39 is 0 Å². The molecule has 0 radical (unpaired) electrons. The largest absolute Gasteiger partial charge is 0.256 e. The first-order chi connectivity index (χ1) is 25.0.